The molecule has 0 bridgehead atoms. The first-order valence-corrected chi connectivity index (χ1v) is 11.2. The first-order valence-electron chi connectivity index (χ1n) is 9.62. The Bertz CT molecular complexity index is 1270. The van der Waals surface area contributed by atoms with Crippen molar-refractivity contribution < 1.29 is 19.1 Å². The number of carbonyl (C=O) groups excluding carboxylic acids is 2. The SMILES string of the molecule is COc1cc(NC(=S)NC(=O)c2cc(Cl)cc(Cl)c2OC)ccc1NC(=O)c1ccccc1Cl. The van der Waals surface area contributed by atoms with E-state index in [1.165, 1.54) is 26.4 Å². The predicted octanol–water partition coefficient (Wildman–Crippen LogP) is 6.04. The Labute approximate surface area is 216 Å². The van der Waals surface area contributed by atoms with E-state index in [1.54, 1.807) is 42.5 Å². The first-order chi connectivity index (χ1) is 16.2. The summed E-state index contributed by atoms with van der Waals surface area (Å²) in [6, 6.07) is 14.5. The van der Waals surface area contributed by atoms with E-state index in [2.05, 4.69) is 16.0 Å². The van der Waals surface area contributed by atoms with Crippen molar-refractivity contribution in [3.05, 3.63) is 80.8 Å². The minimum Gasteiger partial charge on any atom is -0.494 e. The van der Waals surface area contributed by atoms with Crippen LogP contribution in [0.15, 0.2) is 54.6 Å². The maximum Gasteiger partial charge on any atom is 0.261 e. The monoisotopic (exact) mass is 537 g/mol. The van der Waals surface area contributed by atoms with E-state index in [0.29, 0.717) is 27.7 Å². The number of halogens is 3. The molecule has 0 aromatic heterocycles. The third-order valence-electron chi connectivity index (χ3n) is 4.51. The number of methoxy groups -OCH3 is 2. The molecular formula is C23H18Cl3N3O4S. The summed E-state index contributed by atoms with van der Waals surface area (Å²) >= 11 is 23.4. The lowest BCUT2D eigenvalue weighted by atomic mass is 10.2. The summed E-state index contributed by atoms with van der Waals surface area (Å²) in [5.41, 5.74) is 1.38. The summed E-state index contributed by atoms with van der Waals surface area (Å²) in [5.74, 6) is -0.412. The summed E-state index contributed by atoms with van der Waals surface area (Å²) in [6.45, 7) is 0. The fraction of sp³-hybridized carbons (Fsp3) is 0.0870. The molecule has 0 saturated carbocycles. The molecule has 7 nitrogen and oxygen atoms in total. The number of rotatable bonds is 6. The molecular weight excluding hydrogens is 521 g/mol. The van der Waals surface area contributed by atoms with Gasteiger partial charge in [-0.1, -0.05) is 46.9 Å². The topological polar surface area (TPSA) is 88.7 Å². The van der Waals surface area contributed by atoms with Crippen LogP contribution in [0.4, 0.5) is 11.4 Å². The Morgan fingerprint density at radius 3 is 2.24 bits per heavy atom. The molecule has 0 spiro atoms. The summed E-state index contributed by atoms with van der Waals surface area (Å²) in [5, 5.41) is 8.99. The zero-order valence-electron chi connectivity index (χ0n) is 17.9. The van der Waals surface area contributed by atoms with Gasteiger partial charge in [-0.15, -0.1) is 0 Å². The number of hydrogen-bond acceptors (Lipinski definition) is 5. The van der Waals surface area contributed by atoms with Gasteiger partial charge >= 0.3 is 0 Å². The number of thiocarbonyl (C=S) groups is 1. The molecule has 34 heavy (non-hydrogen) atoms. The van der Waals surface area contributed by atoms with Gasteiger partial charge in [0.2, 0.25) is 0 Å². The van der Waals surface area contributed by atoms with Gasteiger partial charge in [-0.2, -0.15) is 0 Å². The third kappa shape index (κ3) is 6.09. The molecule has 0 atom stereocenters. The fourth-order valence-corrected chi connectivity index (χ4v) is 3.98. The van der Waals surface area contributed by atoms with Crippen LogP contribution in [0.3, 0.4) is 0 Å². The predicted molar refractivity (Wildman–Crippen MR) is 139 cm³/mol. The maximum atomic E-state index is 12.7. The molecule has 176 valence electrons. The van der Waals surface area contributed by atoms with Gasteiger partial charge in [0.1, 0.15) is 11.5 Å². The van der Waals surface area contributed by atoms with Gasteiger partial charge in [-0.3, -0.25) is 14.9 Å². The van der Waals surface area contributed by atoms with Gasteiger partial charge in [0.15, 0.2) is 5.11 Å². The number of ether oxygens (including phenoxy) is 2. The summed E-state index contributed by atoms with van der Waals surface area (Å²) in [7, 11) is 2.85. The van der Waals surface area contributed by atoms with Crippen LogP contribution in [-0.4, -0.2) is 31.1 Å². The molecule has 0 radical (unpaired) electrons. The molecule has 0 aliphatic carbocycles. The second kappa shape index (κ2) is 11.4. The number of hydrogen-bond donors (Lipinski definition) is 3. The van der Waals surface area contributed by atoms with Crippen molar-refractivity contribution in [3.63, 3.8) is 0 Å². The quantitative estimate of drug-likeness (QED) is 0.332. The lowest BCUT2D eigenvalue weighted by Gasteiger charge is -2.15. The van der Waals surface area contributed by atoms with Crippen LogP contribution in [0.5, 0.6) is 11.5 Å². The standard InChI is InChI=1S/C23H18Cl3N3O4S/c1-32-19-11-13(7-8-18(19)28-21(30)14-5-3-4-6-16(14)25)27-23(34)29-22(31)15-9-12(24)10-17(26)20(15)33-2/h3-11H,1-2H3,(H,28,30)(H2,27,29,31,34). The average molecular weight is 539 g/mol. The molecule has 0 heterocycles. The molecule has 0 saturated heterocycles. The van der Waals surface area contributed by atoms with Crippen LogP contribution >= 0.6 is 47.0 Å². The zero-order chi connectivity index (χ0) is 24.8. The van der Waals surface area contributed by atoms with E-state index < -0.39 is 5.91 Å². The van der Waals surface area contributed by atoms with E-state index in [1.807, 2.05) is 0 Å². The van der Waals surface area contributed by atoms with Crippen LogP contribution in [0.2, 0.25) is 15.1 Å². The molecule has 11 heteroatoms. The Morgan fingerprint density at radius 2 is 1.56 bits per heavy atom. The highest BCUT2D eigenvalue weighted by molar-refractivity contribution is 7.80. The van der Waals surface area contributed by atoms with Crippen molar-refractivity contribution in [2.45, 2.75) is 0 Å². The smallest absolute Gasteiger partial charge is 0.261 e. The molecule has 2 amide bonds. The average Bonchev–Trinajstić information content (AvgIpc) is 2.79. The number of nitrogens with one attached hydrogen (secondary N) is 3. The van der Waals surface area contributed by atoms with Crippen molar-refractivity contribution in [3.8, 4) is 11.5 Å². The van der Waals surface area contributed by atoms with Crippen molar-refractivity contribution in [1.82, 2.24) is 5.32 Å². The van der Waals surface area contributed by atoms with Crippen molar-refractivity contribution in [2.24, 2.45) is 0 Å². The van der Waals surface area contributed by atoms with Gasteiger partial charge in [0.05, 0.1) is 41.1 Å². The van der Waals surface area contributed by atoms with E-state index in [9.17, 15) is 9.59 Å². The lowest BCUT2D eigenvalue weighted by Crippen LogP contribution is -2.34. The van der Waals surface area contributed by atoms with Crippen molar-refractivity contribution in [1.29, 1.82) is 0 Å². The number of anilines is 2. The molecule has 3 rings (SSSR count). The van der Waals surface area contributed by atoms with Gasteiger partial charge < -0.3 is 20.1 Å². The van der Waals surface area contributed by atoms with Crippen molar-refractivity contribution in [2.75, 3.05) is 24.9 Å². The zero-order valence-corrected chi connectivity index (χ0v) is 21.0. The van der Waals surface area contributed by atoms with Crippen LogP contribution in [-0.2, 0) is 0 Å². The second-order valence-corrected chi connectivity index (χ2v) is 8.38. The molecule has 0 aliphatic rings. The molecule has 0 fully saturated rings. The lowest BCUT2D eigenvalue weighted by molar-refractivity contribution is 0.0973. The number of carbonyl (C=O) groups is 2. The Hall–Kier alpha value is -3.04. The maximum absolute atomic E-state index is 12.7. The highest BCUT2D eigenvalue weighted by atomic mass is 35.5. The molecule has 0 aliphatic heterocycles. The normalized spacial score (nSPS) is 10.3. The Kier molecular flexibility index (Phi) is 8.57. The van der Waals surface area contributed by atoms with E-state index in [4.69, 9.17) is 56.5 Å². The van der Waals surface area contributed by atoms with E-state index in [0.717, 1.165) is 0 Å². The minimum atomic E-state index is -0.561. The highest BCUT2D eigenvalue weighted by Gasteiger charge is 2.18. The van der Waals surface area contributed by atoms with E-state index in [-0.39, 0.29) is 32.4 Å². The number of amides is 2. The van der Waals surface area contributed by atoms with E-state index >= 15 is 0 Å². The molecule has 0 unspecified atom stereocenters. The van der Waals surface area contributed by atoms with Gasteiger partial charge in [-0.05, 0) is 48.6 Å². The first kappa shape index (κ1) is 25.6. The summed E-state index contributed by atoms with van der Waals surface area (Å²) < 4.78 is 10.6. The van der Waals surface area contributed by atoms with Crippen LogP contribution < -0.4 is 25.4 Å². The molecule has 3 aromatic rings. The Balaban J connectivity index is 1.72. The minimum absolute atomic E-state index is 0.0121. The summed E-state index contributed by atoms with van der Waals surface area (Å²) in [6.07, 6.45) is 0. The van der Waals surface area contributed by atoms with Crippen LogP contribution in [0, 0.1) is 0 Å². The molecule has 3 aromatic carbocycles. The molecule has 3 N–H and O–H groups in total. The number of benzene rings is 3. The van der Waals surface area contributed by atoms with Gasteiger partial charge in [-0.25, -0.2) is 0 Å². The van der Waals surface area contributed by atoms with Gasteiger partial charge in [0.25, 0.3) is 11.8 Å². The van der Waals surface area contributed by atoms with Crippen molar-refractivity contribution >= 4 is 75.3 Å². The third-order valence-corrected chi connectivity index (χ3v) is 5.54. The van der Waals surface area contributed by atoms with Crippen LogP contribution in [0.1, 0.15) is 20.7 Å². The fourth-order valence-electron chi connectivity index (χ4n) is 2.98. The largest absolute Gasteiger partial charge is 0.494 e. The Morgan fingerprint density at radius 1 is 0.824 bits per heavy atom. The van der Waals surface area contributed by atoms with Gasteiger partial charge in [0, 0.05) is 16.8 Å². The second-order valence-electron chi connectivity index (χ2n) is 6.73. The van der Waals surface area contributed by atoms with Crippen LogP contribution in [0.25, 0.3) is 0 Å². The summed E-state index contributed by atoms with van der Waals surface area (Å²) in [4.78, 5) is 25.2. The highest BCUT2D eigenvalue weighted by Crippen LogP contribution is 2.32.